The third-order valence-electron chi connectivity index (χ3n) is 4.39. The fourth-order valence-corrected chi connectivity index (χ4v) is 2.96. The third kappa shape index (κ3) is 3.12. The van der Waals surface area contributed by atoms with Crippen molar-refractivity contribution >= 4 is 11.5 Å². The zero-order valence-electron chi connectivity index (χ0n) is 13.1. The van der Waals surface area contributed by atoms with E-state index in [0.717, 1.165) is 6.42 Å². The molecule has 0 spiro atoms. The summed E-state index contributed by atoms with van der Waals surface area (Å²) >= 11 is 0. The van der Waals surface area contributed by atoms with Gasteiger partial charge in [-0.05, 0) is 41.4 Å². The Morgan fingerprint density at radius 2 is 2.05 bits per heavy atom. The molecule has 0 heterocycles. The topological polar surface area (TPSA) is 20.3 Å². The van der Waals surface area contributed by atoms with E-state index < -0.39 is 0 Å². The maximum atomic E-state index is 11.4. The summed E-state index contributed by atoms with van der Waals surface area (Å²) in [6.07, 6.45) is 5.81. The second-order valence-corrected chi connectivity index (χ2v) is 6.41. The van der Waals surface area contributed by atoms with Crippen molar-refractivity contribution in [1.29, 1.82) is 0 Å². The van der Waals surface area contributed by atoms with Crippen molar-refractivity contribution in [3.05, 3.63) is 41.5 Å². The minimum absolute atomic E-state index is 0.113. The number of allylic oxidation sites excluding steroid dienone is 1. The van der Waals surface area contributed by atoms with Crippen LogP contribution in [0, 0.1) is 5.41 Å². The quantitative estimate of drug-likeness (QED) is 0.747. The molecule has 0 radical (unpaired) electrons. The molecule has 108 valence electrons. The van der Waals surface area contributed by atoms with Crippen LogP contribution >= 0.6 is 0 Å². The molecule has 2 nitrogen and oxygen atoms in total. The summed E-state index contributed by atoms with van der Waals surface area (Å²) in [4.78, 5) is 13.1. The van der Waals surface area contributed by atoms with Crippen molar-refractivity contribution < 1.29 is 4.79 Å². The number of hydrogen-bond acceptors (Lipinski definition) is 1. The van der Waals surface area contributed by atoms with Gasteiger partial charge in [0.2, 0.25) is 5.91 Å². The van der Waals surface area contributed by atoms with Crippen molar-refractivity contribution in [3.63, 3.8) is 0 Å². The van der Waals surface area contributed by atoms with Crippen LogP contribution in [0.25, 0.3) is 5.57 Å². The monoisotopic (exact) mass is 271 g/mol. The van der Waals surface area contributed by atoms with Crippen LogP contribution in [-0.2, 0) is 11.2 Å². The lowest BCUT2D eigenvalue weighted by Crippen LogP contribution is -2.24. The Labute approximate surface area is 122 Å². The molecule has 20 heavy (non-hydrogen) atoms. The van der Waals surface area contributed by atoms with E-state index in [1.54, 1.807) is 11.8 Å². The first-order valence-corrected chi connectivity index (χ1v) is 7.42. The van der Waals surface area contributed by atoms with Crippen LogP contribution < -0.4 is 0 Å². The van der Waals surface area contributed by atoms with Gasteiger partial charge in [-0.3, -0.25) is 4.79 Å². The Morgan fingerprint density at radius 3 is 2.75 bits per heavy atom. The van der Waals surface area contributed by atoms with Gasteiger partial charge < -0.3 is 4.90 Å². The molecule has 1 amide bonds. The highest BCUT2D eigenvalue weighted by atomic mass is 16.2. The summed E-state index contributed by atoms with van der Waals surface area (Å²) in [6.45, 7) is 6.93. The molecule has 1 aromatic rings. The summed E-state index contributed by atoms with van der Waals surface area (Å²) in [6, 6.07) is 8.69. The van der Waals surface area contributed by atoms with Gasteiger partial charge in [0.1, 0.15) is 0 Å². The van der Waals surface area contributed by atoms with Gasteiger partial charge >= 0.3 is 0 Å². The molecule has 2 rings (SSSR count). The Morgan fingerprint density at radius 1 is 1.35 bits per heavy atom. The molecular formula is C18H25NO. The zero-order valence-corrected chi connectivity index (χ0v) is 13.1. The van der Waals surface area contributed by atoms with Crippen LogP contribution in [0.1, 0.15) is 44.7 Å². The van der Waals surface area contributed by atoms with Crippen LogP contribution in [0.3, 0.4) is 0 Å². The number of likely N-dealkylation sites (N-methyl/N-ethyl adjacent to an activating group) is 1. The van der Waals surface area contributed by atoms with E-state index in [4.69, 9.17) is 0 Å². The van der Waals surface area contributed by atoms with Crippen molar-refractivity contribution in [3.8, 4) is 0 Å². The fourth-order valence-electron chi connectivity index (χ4n) is 2.96. The minimum Gasteiger partial charge on any atom is -0.342 e. The SMILES string of the molecule is CC(=O)N(C)C/C=C1\c2ccccc2CCCC1(C)C. The number of benzene rings is 1. The van der Waals surface area contributed by atoms with E-state index in [-0.39, 0.29) is 11.3 Å². The lowest BCUT2D eigenvalue weighted by Gasteiger charge is -2.28. The van der Waals surface area contributed by atoms with Crippen LogP contribution in [-0.4, -0.2) is 24.4 Å². The van der Waals surface area contributed by atoms with Gasteiger partial charge in [-0.1, -0.05) is 44.2 Å². The number of aryl methyl sites for hydroxylation is 1. The summed E-state index contributed by atoms with van der Waals surface area (Å²) < 4.78 is 0. The Kier molecular flexibility index (Phi) is 4.32. The largest absolute Gasteiger partial charge is 0.342 e. The summed E-state index contributed by atoms with van der Waals surface area (Å²) in [7, 11) is 1.86. The number of amides is 1. The average molecular weight is 271 g/mol. The number of hydrogen-bond donors (Lipinski definition) is 0. The van der Waals surface area contributed by atoms with Crippen LogP contribution in [0.2, 0.25) is 0 Å². The van der Waals surface area contributed by atoms with Gasteiger partial charge in [-0.15, -0.1) is 0 Å². The number of nitrogens with zero attached hydrogens (tertiary/aromatic N) is 1. The molecule has 0 bridgehead atoms. The lowest BCUT2D eigenvalue weighted by molar-refractivity contribution is -0.127. The van der Waals surface area contributed by atoms with E-state index in [1.807, 2.05) is 7.05 Å². The van der Waals surface area contributed by atoms with Crippen molar-refractivity contribution in [1.82, 2.24) is 4.90 Å². The van der Waals surface area contributed by atoms with Crippen molar-refractivity contribution in [2.75, 3.05) is 13.6 Å². The van der Waals surface area contributed by atoms with Gasteiger partial charge in [0.25, 0.3) is 0 Å². The molecule has 0 unspecified atom stereocenters. The summed E-state index contributed by atoms with van der Waals surface area (Å²) in [5, 5.41) is 0. The van der Waals surface area contributed by atoms with E-state index >= 15 is 0 Å². The Hall–Kier alpha value is -1.57. The molecular weight excluding hydrogens is 246 g/mol. The highest BCUT2D eigenvalue weighted by molar-refractivity contribution is 5.75. The van der Waals surface area contributed by atoms with Crippen LogP contribution in [0.5, 0.6) is 0 Å². The summed E-state index contributed by atoms with van der Waals surface area (Å²) in [5.74, 6) is 0.113. The molecule has 0 aliphatic heterocycles. The molecule has 1 aliphatic rings. The predicted octanol–water partition coefficient (Wildman–Crippen LogP) is 3.91. The first kappa shape index (κ1) is 14.8. The molecule has 2 heteroatoms. The maximum Gasteiger partial charge on any atom is 0.219 e. The highest BCUT2D eigenvalue weighted by Gasteiger charge is 2.28. The molecule has 0 atom stereocenters. The average Bonchev–Trinajstić information content (AvgIpc) is 2.51. The van der Waals surface area contributed by atoms with Gasteiger partial charge in [0.05, 0.1) is 0 Å². The van der Waals surface area contributed by atoms with Crippen molar-refractivity contribution in [2.45, 2.75) is 40.0 Å². The van der Waals surface area contributed by atoms with E-state index in [9.17, 15) is 4.79 Å². The first-order chi connectivity index (χ1) is 9.42. The fraction of sp³-hybridized carbons (Fsp3) is 0.500. The lowest BCUT2D eigenvalue weighted by atomic mass is 9.78. The third-order valence-corrected chi connectivity index (χ3v) is 4.39. The van der Waals surface area contributed by atoms with Crippen LogP contribution in [0.15, 0.2) is 30.3 Å². The Bertz CT molecular complexity index is 528. The number of rotatable bonds is 2. The number of carbonyl (C=O) groups is 1. The second-order valence-electron chi connectivity index (χ2n) is 6.41. The zero-order chi connectivity index (χ0) is 14.8. The standard InChI is InChI=1S/C18H25NO/c1-14(20)19(4)13-11-17-16-10-6-5-8-15(16)9-7-12-18(17,2)3/h5-6,8,10-11H,7,9,12-13H2,1-4H3/b17-11+. The van der Waals surface area contributed by atoms with Crippen molar-refractivity contribution in [2.24, 2.45) is 5.41 Å². The van der Waals surface area contributed by atoms with Crippen LogP contribution in [0.4, 0.5) is 0 Å². The molecule has 0 N–H and O–H groups in total. The maximum absolute atomic E-state index is 11.4. The smallest absolute Gasteiger partial charge is 0.219 e. The molecule has 0 fully saturated rings. The van der Waals surface area contributed by atoms with Gasteiger partial charge in [-0.25, -0.2) is 0 Å². The molecule has 0 saturated heterocycles. The van der Waals surface area contributed by atoms with E-state index in [1.165, 1.54) is 29.5 Å². The molecule has 1 aromatic carbocycles. The first-order valence-electron chi connectivity index (χ1n) is 7.42. The van der Waals surface area contributed by atoms with Gasteiger partial charge in [0, 0.05) is 20.5 Å². The Balaban J connectivity index is 2.40. The summed E-state index contributed by atoms with van der Waals surface area (Å²) in [5.41, 5.74) is 4.37. The van der Waals surface area contributed by atoms with E-state index in [0.29, 0.717) is 6.54 Å². The van der Waals surface area contributed by atoms with Gasteiger partial charge in [0.15, 0.2) is 0 Å². The number of carbonyl (C=O) groups excluding carboxylic acids is 1. The highest BCUT2D eigenvalue weighted by Crippen LogP contribution is 2.42. The second kappa shape index (κ2) is 5.82. The number of fused-ring (bicyclic) bond motifs is 1. The minimum atomic E-state index is 0.113. The molecule has 1 aliphatic carbocycles. The van der Waals surface area contributed by atoms with Gasteiger partial charge in [-0.2, -0.15) is 0 Å². The molecule has 0 saturated carbocycles. The van der Waals surface area contributed by atoms with E-state index in [2.05, 4.69) is 44.2 Å². The normalized spacial score (nSPS) is 19.3. The molecule has 0 aromatic heterocycles. The predicted molar refractivity (Wildman–Crippen MR) is 84.4 cm³/mol.